The lowest BCUT2D eigenvalue weighted by atomic mass is 10.1. The highest BCUT2D eigenvalue weighted by Gasteiger charge is 2.14. The molecule has 1 N–H and O–H groups in total. The van der Waals surface area contributed by atoms with Crippen LogP contribution in [-0.4, -0.2) is 16.3 Å². The van der Waals surface area contributed by atoms with Gasteiger partial charge in [-0.2, -0.15) is 5.10 Å². The number of halogens is 1. The molecule has 0 radical (unpaired) electrons. The summed E-state index contributed by atoms with van der Waals surface area (Å²) in [7, 11) is 0. The van der Waals surface area contributed by atoms with Crippen molar-refractivity contribution in [2.24, 2.45) is 0 Å². The Morgan fingerprint density at radius 3 is 2.67 bits per heavy atom. The van der Waals surface area contributed by atoms with Gasteiger partial charge in [-0.1, -0.05) is 50.6 Å². The minimum atomic E-state index is 0.438. The molecule has 0 saturated heterocycles. The smallest absolute Gasteiger partial charge is 0.0677 e. The number of nitrogens with zero attached hydrogens (tertiary/aromatic N) is 2. The molecule has 2 aromatic rings. The molecule has 1 heterocycles. The van der Waals surface area contributed by atoms with E-state index in [0.717, 1.165) is 36.6 Å². The molecule has 114 valence electrons. The molecule has 0 fully saturated rings. The molecule has 0 bridgehead atoms. The maximum atomic E-state index is 6.26. The highest BCUT2D eigenvalue weighted by Crippen LogP contribution is 2.22. The molecule has 0 saturated carbocycles. The van der Waals surface area contributed by atoms with Gasteiger partial charge in [0.25, 0.3) is 0 Å². The monoisotopic (exact) mass is 305 g/mol. The Labute approximate surface area is 132 Å². The molecule has 0 unspecified atom stereocenters. The largest absolute Gasteiger partial charge is 0.313 e. The molecular weight excluding hydrogens is 282 g/mol. The lowest BCUT2D eigenvalue weighted by Gasteiger charge is -2.14. The summed E-state index contributed by atoms with van der Waals surface area (Å²) in [5, 5.41) is 8.83. The van der Waals surface area contributed by atoms with E-state index >= 15 is 0 Å². The lowest BCUT2D eigenvalue weighted by Crippen LogP contribution is -2.16. The van der Waals surface area contributed by atoms with Crippen molar-refractivity contribution in [1.82, 2.24) is 15.1 Å². The van der Waals surface area contributed by atoms with Gasteiger partial charge in [-0.15, -0.1) is 0 Å². The lowest BCUT2D eigenvalue weighted by molar-refractivity contribution is 0.606. The van der Waals surface area contributed by atoms with Gasteiger partial charge in [-0.25, -0.2) is 0 Å². The summed E-state index contributed by atoms with van der Waals surface area (Å²) in [6.07, 6.45) is 3.12. The number of rotatable bonds is 7. The quantitative estimate of drug-likeness (QED) is 0.777. The van der Waals surface area contributed by atoms with Gasteiger partial charge >= 0.3 is 0 Å². The van der Waals surface area contributed by atoms with E-state index < -0.39 is 0 Å². The predicted octanol–water partition coefficient (Wildman–Crippen LogP) is 4.21. The second kappa shape index (κ2) is 7.62. The van der Waals surface area contributed by atoms with E-state index in [1.165, 1.54) is 11.3 Å². The van der Waals surface area contributed by atoms with Crippen LogP contribution >= 0.6 is 11.6 Å². The number of nitrogens with one attached hydrogen (secondary N) is 1. The van der Waals surface area contributed by atoms with Gasteiger partial charge in [0.15, 0.2) is 0 Å². The molecule has 0 atom stereocenters. The Kier molecular flexibility index (Phi) is 5.83. The summed E-state index contributed by atoms with van der Waals surface area (Å²) >= 11 is 6.26. The molecule has 1 aromatic carbocycles. The van der Waals surface area contributed by atoms with Crippen molar-refractivity contribution in [1.29, 1.82) is 0 Å². The fourth-order valence-electron chi connectivity index (χ4n) is 2.55. The molecule has 0 spiro atoms. The van der Waals surface area contributed by atoms with Crippen molar-refractivity contribution in [3.05, 3.63) is 52.3 Å². The minimum absolute atomic E-state index is 0.438. The highest BCUT2D eigenvalue weighted by atomic mass is 35.5. The average Bonchev–Trinajstić information content (AvgIpc) is 2.85. The molecule has 0 amide bonds. The average molecular weight is 306 g/mol. The van der Waals surface area contributed by atoms with Gasteiger partial charge in [-0.05, 0) is 30.5 Å². The standard InChI is InChI=1S/C17H24ClN3/c1-4-9-19-10-15-11-20-21(17(15)13(2)3)12-14-7-5-6-8-16(14)18/h5-8,11,13,19H,4,9-10,12H2,1-3H3. The summed E-state index contributed by atoms with van der Waals surface area (Å²) in [5.41, 5.74) is 3.68. The summed E-state index contributed by atoms with van der Waals surface area (Å²) in [5.74, 6) is 0.438. The number of aromatic nitrogens is 2. The topological polar surface area (TPSA) is 29.9 Å². The van der Waals surface area contributed by atoms with Crippen LogP contribution in [0.2, 0.25) is 5.02 Å². The van der Waals surface area contributed by atoms with Crippen LogP contribution in [0, 0.1) is 0 Å². The second-order valence-corrected chi connectivity index (χ2v) is 6.04. The summed E-state index contributed by atoms with van der Waals surface area (Å²) < 4.78 is 2.08. The van der Waals surface area contributed by atoms with E-state index in [0.29, 0.717) is 5.92 Å². The SMILES string of the molecule is CCCNCc1cnn(Cc2ccccc2Cl)c1C(C)C. The van der Waals surface area contributed by atoms with Gasteiger partial charge in [-0.3, -0.25) is 4.68 Å². The molecular formula is C17H24ClN3. The third kappa shape index (κ3) is 4.08. The second-order valence-electron chi connectivity index (χ2n) is 5.64. The highest BCUT2D eigenvalue weighted by molar-refractivity contribution is 6.31. The predicted molar refractivity (Wildman–Crippen MR) is 88.9 cm³/mol. The first-order valence-electron chi connectivity index (χ1n) is 7.62. The van der Waals surface area contributed by atoms with Crippen LogP contribution in [0.25, 0.3) is 0 Å². The minimum Gasteiger partial charge on any atom is -0.313 e. The molecule has 0 aliphatic rings. The van der Waals surface area contributed by atoms with Gasteiger partial charge in [0.1, 0.15) is 0 Å². The van der Waals surface area contributed by atoms with Crippen molar-refractivity contribution < 1.29 is 0 Å². The van der Waals surface area contributed by atoms with Crippen molar-refractivity contribution in [2.75, 3.05) is 6.54 Å². The van der Waals surface area contributed by atoms with E-state index in [1.54, 1.807) is 0 Å². The first kappa shape index (κ1) is 16.1. The normalized spacial score (nSPS) is 11.3. The maximum absolute atomic E-state index is 6.26. The first-order valence-corrected chi connectivity index (χ1v) is 8.00. The van der Waals surface area contributed by atoms with Gasteiger partial charge in [0.05, 0.1) is 12.7 Å². The van der Waals surface area contributed by atoms with E-state index in [9.17, 15) is 0 Å². The summed E-state index contributed by atoms with van der Waals surface area (Å²) in [6.45, 7) is 9.24. The van der Waals surface area contributed by atoms with Crippen LogP contribution in [0.3, 0.4) is 0 Å². The first-order chi connectivity index (χ1) is 10.1. The van der Waals surface area contributed by atoms with E-state index in [1.807, 2.05) is 24.4 Å². The van der Waals surface area contributed by atoms with Crippen molar-refractivity contribution in [3.8, 4) is 0 Å². The summed E-state index contributed by atoms with van der Waals surface area (Å²) in [4.78, 5) is 0. The van der Waals surface area contributed by atoms with Crippen LogP contribution in [0.1, 0.15) is 49.9 Å². The summed E-state index contributed by atoms with van der Waals surface area (Å²) in [6, 6.07) is 7.96. The Morgan fingerprint density at radius 2 is 2.00 bits per heavy atom. The Morgan fingerprint density at radius 1 is 1.24 bits per heavy atom. The van der Waals surface area contributed by atoms with Gasteiger partial charge in [0, 0.05) is 22.8 Å². The fraction of sp³-hybridized carbons (Fsp3) is 0.471. The van der Waals surface area contributed by atoms with Gasteiger partial charge < -0.3 is 5.32 Å². The van der Waals surface area contributed by atoms with E-state index in [4.69, 9.17) is 11.6 Å². The third-order valence-electron chi connectivity index (χ3n) is 3.53. The zero-order valence-electron chi connectivity index (χ0n) is 13.1. The van der Waals surface area contributed by atoms with Crippen LogP contribution in [0.15, 0.2) is 30.5 Å². The number of benzene rings is 1. The van der Waals surface area contributed by atoms with Crippen LogP contribution in [-0.2, 0) is 13.1 Å². The fourth-order valence-corrected chi connectivity index (χ4v) is 2.75. The molecule has 1 aromatic heterocycles. The van der Waals surface area contributed by atoms with Crippen LogP contribution in [0.4, 0.5) is 0 Å². The Bertz CT molecular complexity index is 575. The van der Waals surface area contributed by atoms with Crippen molar-refractivity contribution in [2.45, 2.75) is 46.2 Å². The number of hydrogen-bond donors (Lipinski definition) is 1. The molecule has 3 nitrogen and oxygen atoms in total. The van der Waals surface area contributed by atoms with Crippen molar-refractivity contribution in [3.63, 3.8) is 0 Å². The van der Waals surface area contributed by atoms with Gasteiger partial charge in [0.2, 0.25) is 0 Å². The van der Waals surface area contributed by atoms with Crippen molar-refractivity contribution >= 4 is 11.6 Å². The third-order valence-corrected chi connectivity index (χ3v) is 3.90. The van der Waals surface area contributed by atoms with Crippen LogP contribution in [0.5, 0.6) is 0 Å². The van der Waals surface area contributed by atoms with Crippen LogP contribution < -0.4 is 5.32 Å². The molecule has 2 rings (SSSR count). The Hall–Kier alpha value is -1.32. The Balaban J connectivity index is 2.21. The molecule has 0 aliphatic carbocycles. The zero-order valence-corrected chi connectivity index (χ0v) is 13.8. The van der Waals surface area contributed by atoms with E-state index in [2.05, 4.69) is 41.9 Å². The molecule has 0 aliphatic heterocycles. The molecule has 21 heavy (non-hydrogen) atoms. The van der Waals surface area contributed by atoms with E-state index in [-0.39, 0.29) is 0 Å². The zero-order chi connectivity index (χ0) is 15.2. The number of hydrogen-bond acceptors (Lipinski definition) is 2. The maximum Gasteiger partial charge on any atom is 0.0677 e. The molecule has 4 heteroatoms.